The van der Waals surface area contributed by atoms with Gasteiger partial charge in [-0.05, 0) is 61.0 Å². The quantitative estimate of drug-likeness (QED) is 0.229. The summed E-state index contributed by atoms with van der Waals surface area (Å²) in [5.41, 5.74) is 2.84. The predicted octanol–water partition coefficient (Wildman–Crippen LogP) is 5.95. The largest absolute Gasteiger partial charge is 0.493 e. The van der Waals surface area contributed by atoms with Crippen LogP contribution in [0.15, 0.2) is 78.9 Å². The first-order chi connectivity index (χ1) is 17.0. The van der Waals surface area contributed by atoms with Gasteiger partial charge in [-0.1, -0.05) is 68.3 Å². The van der Waals surface area contributed by atoms with Gasteiger partial charge in [-0.25, -0.2) is 0 Å². The maximum Gasteiger partial charge on any atom is 0.261 e. The van der Waals surface area contributed by atoms with E-state index in [0.29, 0.717) is 42.1 Å². The number of carbonyl (C=O) groups excluding carboxylic acids is 2. The fourth-order valence-electron chi connectivity index (χ4n) is 3.45. The smallest absolute Gasteiger partial charge is 0.261 e. The van der Waals surface area contributed by atoms with E-state index < -0.39 is 0 Å². The standard InChI is InChI=1S/C28H31N3O3S/c1-2-3-9-19-34-25-16-8-7-15-24(25)27(33)31-28(35)30-23-14-10-13-22(20-23)29-26(32)18-17-21-11-5-4-6-12-21/h4-8,10-16,20H,2-3,9,17-19H2,1H3,(H,29,32)(H2,30,31,33,35). The molecule has 0 aliphatic rings. The van der Waals surface area contributed by atoms with Crippen molar-refractivity contribution >= 4 is 40.5 Å². The maximum absolute atomic E-state index is 12.8. The highest BCUT2D eigenvalue weighted by Crippen LogP contribution is 2.19. The minimum absolute atomic E-state index is 0.0718. The van der Waals surface area contributed by atoms with Crippen molar-refractivity contribution in [1.82, 2.24) is 5.32 Å². The molecule has 0 saturated heterocycles. The molecule has 0 aliphatic heterocycles. The summed E-state index contributed by atoms with van der Waals surface area (Å²) in [5, 5.41) is 8.76. The number of para-hydroxylation sites is 1. The molecule has 3 N–H and O–H groups in total. The van der Waals surface area contributed by atoms with Crippen molar-refractivity contribution in [2.24, 2.45) is 0 Å². The highest BCUT2D eigenvalue weighted by Gasteiger charge is 2.14. The molecule has 0 atom stereocenters. The van der Waals surface area contributed by atoms with Crippen molar-refractivity contribution in [3.05, 3.63) is 90.0 Å². The van der Waals surface area contributed by atoms with E-state index in [1.54, 1.807) is 36.4 Å². The lowest BCUT2D eigenvalue weighted by atomic mass is 10.1. The minimum atomic E-state index is -0.348. The summed E-state index contributed by atoms with van der Waals surface area (Å²) in [6.07, 6.45) is 4.17. The molecule has 0 unspecified atom stereocenters. The molecule has 0 heterocycles. The highest BCUT2D eigenvalue weighted by molar-refractivity contribution is 7.80. The molecule has 182 valence electrons. The van der Waals surface area contributed by atoms with Crippen LogP contribution in [0.4, 0.5) is 11.4 Å². The van der Waals surface area contributed by atoms with E-state index in [0.717, 1.165) is 24.8 Å². The zero-order valence-corrected chi connectivity index (χ0v) is 20.7. The van der Waals surface area contributed by atoms with Gasteiger partial charge in [0.05, 0.1) is 12.2 Å². The number of rotatable bonds is 11. The third kappa shape index (κ3) is 8.87. The second-order valence-corrected chi connectivity index (χ2v) is 8.48. The first-order valence-electron chi connectivity index (χ1n) is 11.8. The van der Waals surface area contributed by atoms with Crippen molar-refractivity contribution in [1.29, 1.82) is 0 Å². The number of thiocarbonyl (C=S) groups is 1. The number of hydrogen-bond donors (Lipinski definition) is 3. The monoisotopic (exact) mass is 489 g/mol. The number of amides is 2. The molecule has 3 rings (SSSR count). The van der Waals surface area contributed by atoms with Crippen LogP contribution in [-0.2, 0) is 11.2 Å². The molecule has 7 heteroatoms. The molecule has 3 aromatic carbocycles. The third-order valence-electron chi connectivity index (χ3n) is 5.25. The van der Waals surface area contributed by atoms with Gasteiger partial charge in [0.1, 0.15) is 5.75 Å². The summed E-state index contributed by atoms with van der Waals surface area (Å²) < 4.78 is 5.80. The molecular formula is C28H31N3O3S. The van der Waals surface area contributed by atoms with Gasteiger partial charge < -0.3 is 15.4 Å². The Morgan fingerprint density at radius 1 is 0.857 bits per heavy atom. The van der Waals surface area contributed by atoms with E-state index in [-0.39, 0.29) is 16.9 Å². The summed E-state index contributed by atoms with van der Waals surface area (Å²) >= 11 is 5.33. The van der Waals surface area contributed by atoms with Gasteiger partial charge >= 0.3 is 0 Å². The van der Waals surface area contributed by atoms with E-state index in [9.17, 15) is 9.59 Å². The van der Waals surface area contributed by atoms with Gasteiger partial charge in [-0.2, -0.15) is 0 Å². The number of hydrogen-bond acceptors (Lipinski definition) is 4. The lowest BCUT2D eigenvalue weighted by Gasteiger charge is -2.14. The fraction of sp³-hybridized carbons (Fsp3) is 0.250. The molecular weight excluding hydrogens is 458 g/mol. The number of carbonyl (C=O) groups is 2. The molecule has 0 aliphatic carbocycles. The summed E-state index contributed by atoms with van der Waals surface area (Å²) in [4.78, 5) is 25.1. The molecule has 0 bridgehead atoms. The van der Waals surface area contributed by atoms with Crippen LogP contribution in [0.25, 0.3) is 0 Å². The highest BCUT2D eigenvalue weighted by atomic mass is 32.1. The van der Waals surface area contributed by atoms with Crippen LogP contribution < -0.4 is 20.7 Å². The SMILES string of the molecule is CCCCCOc1ccccc1C(=O)NC(=S)Nc1cccc(NC(=O)CCc2ccccc2)c1. The summed E-state index contributed by atoms with van der Waals surface area (Å²) in [5.74, 6) is 0.112. The second-order valence-electron chi connectivity index (χ2n) is 8.07. The lowest BCUT2D eigenvalue weighted by Crippen LogP contribution is -2.34. The van der Waals surface area contributed by atoms with Crippen LogP contribution in [0.1, 0.15) is 48.5 Å². The molecule has 0 fully saturated rings. The van der Waals surface area contributed by atoms with Crippen molar-refractivity contribution < 1.29 is 14.3 Å². The fourth-order valence-corrected chi connectivity index (χ4v) is 3.66. The summed E-state index contributed by atoms with van der Waals surface area (Å²) in [7, 11) is 0. The lowest BCUT2D eigenvalue weighted by molar-refractivity contribution is -0.116. The Labute approximate surface area is 212 Å². The third-order valence-corrected chi connectivity index (χ3v) is 5.46. The van der Waals surface area contributed by atoms with Crippen molar-refractivity contribution in [2.75, 3.05) is 17.2 Å². The van der Waals surface area contributed by atoms with Crippen LogP contribution in [0.3, 0.4) is 0 Å². The van der Waals surface area contributed by atoms with Crippen molar-refractivity contribution in [3.63, 3.8) is 0 Å². The molecule has 35 heavy (non-hydrogen) atoms. The van der Waals surface area contributed by atoms with Crippen LogP contribution in [0.2, 0.25) is 0 Å². The van der Waals surface area contributed by atoms with Crippen LogP contribution in [0, 0.1) is 0 Å². The molecule has 3 aromatic rings. The average molecular weight is 490 g/mol. The van der Waals surface area contributed by atoms with Gasteiger partial charge in [0, 0.05) is 17.8 Å². The molecule has 0 radical (unpaired) electrons. The van der Waals surface area contributed by atoms with Gasteiger partial charge in [0.15, 0.2) is 5.11 Å². The number of aryl methyl sites for hydroxylation is 1. The molecule has 2 amide bonds. The van der Waals surface area contributed by atoms with Gasteiger partial charge in [0.25, 0.3) is 5.91 Å². The Morgan fingerprint density at radius 2 is 1.57 bits per heavy atom. The Balaban J connectivity index is 1.52. The summed E-state index contributed by atoms with van der Waals surface area (Å²) in [6.45, 7) is 2.69. The van der Waals surface area contributed by atoms with Crippen LogP contribution >= 0.6 is 12.2 Å². The second kappa shape index (κ2) is 13.9. The molecule has 6 nitrogen and oxygen atoms in total. The predicted molar refractivity (Wildman–Crippen MR) is 145 cm³/mol. The minimum Gasteiger partial charge on any atom is -0.493 e. The van der Waals surface area contributed by atoms with E-state index >= 15 is 0 Å². The number of benzene rings is 3. The topological polar surface area (TPSA) is 79.5 Å². The van der Waals surface area contributed by atoms with Crippen molar-refractivity contribution in [3.8, 4) is 5.75 Å². The molecule has 0 spiro atoms. The molecule has 0 saturated carbocycles. The number of nitrogens with one attached hydrogen (secondary N) is 3. The number of anilines is 2. The number of ether oxygens (including phenoxy) is 1. The first-order valence-corrected chi connectivity index (χ1v) is 12.2. The molecule has 0 aromatic heterocycles. The van der Waals surface area contributed by atoms with Gasteiger partial charge in [-0.3, -0.25) is 14.9 Å². The Hall–Kier alpha value is -3.71. The van der Waals surface area contributed by atoms with Gasteiger partial charge in [-0.15, -0.1) is 0 Å². The average Bonchev–Trinajstić information content (AvgIpc) is 2.86. The van der Waals surface area contributed by atoms with E-state index in [1.165, 1.54) is 0 Å². The first kappa shape index (κ1) is 25.9. The van der Waals surface area contributed by atoms with Crippen LogP contribution in [-0.4, -0.2) is 23.5 Å². The van der Waals surface area contributed by atoms with Gasteiger partial charge in [0.2, 0.25) is 5.91 Å². The zero-order chi connectivity index (χ0) is 24.9. The summed E-state index contributed by atoms with van der Waals surface area (Å²) in [6, 6.07) is 24.2. The zero-order valence-electron chi connectivity index (χ0n) is 19.9. The Morgan fingerprint density at radius 3 is 2.34 bits per heavy atom. The van der Waals surface area contributed by atoms with E-state index in [1.807, 2.05) is 42.5 Å². The van der Waals surface area contributed by atoms with E-state index in [4.69, 9.17) is 17.0 Å². The van der Waals surface area contributed by atoms with E-state index in [2.05, 4.69) is 22.9 Å². The normalized spacial score (nSPS) is 10.3. The maximum atomic E-state index is 12.8. The number of unbranched alkanes of at least 4 members (excludes halogenated alkanes) is 2. The van der Waals surface area contributed by atoms with Crippen molar-refractivity contribution in [2.45, 2.75) is 39.0 Å². The van der Waals surface area contributed by atoms with Crippen LogP contribution in [0.5, 0.6) is 5.75 Å². The Bertz CT molecular complexity index is 1140. The Kier molecular flexibility index (Phi) is 10.3.